The van der Waals surface area contributed by atoms with Gasteiger partial charge in [-0.2, -0.15) is 0 Å². The van der Waals surface area contributed by atoms with Gasteiger partial charge in [0.05, 0.1) is 0 Å². The van der Waals surface area contributed by atoms with Gasteiger partial charge in [0.1, 0.15) is 5.82 Å². The lowest BCUT2D eigenvalue weighted by atomic mass is 9.86. The van der Waals surface area contributed by atoms with Crippen molar-refractivity contribution in [2.45, 2.75) is 38.6 Å². The van der Waals surface area contributed by atoms with E-state index in [-0.39, 0.29) is 11.3 Å². The Morgan fingerprint density at radius 3 is 2.76 bits per heavy atom. The Labute approximate surface area is 99.6 Å². The Kier molecular flexibility index (Phi) is 2.69. The number of nitrogens with zero attached hydrogens (tertiary/aromatic N) is 2. The number of nitroso groups, excluding NO2 is 1. The van der Waals surface area contributed by atoms with E-state index in [0.29, 0.717) is 12.2 Å². The van der Waals surface area contributed by atoms with Crippen molar-refractivity contribution in [2.75, 3.05) is 5.32 Å². The van der Waals surface area contributed by atoms with E-state index in [9.17, 15) is 9.70 Å². The quantitative estimate of drug-likeness (QED) is 0.754. The molecule has 2 rings (SSSR count). The van der Waals surface area contributed by atoms with Gasteiger partial charge in [-0.05, 0) is 22.6 Å². The molecule has 1 N–H and O–H groups in total. The largest absolute Gasteiger partial charge is 0.308 e. The number of fused-ring (bicyclic) bond motifs is 1. The lowest BCUT2D eigenvalue weighted by Gasteiger charge is -2.24. The Hall–Kier alpha value is -1.78. The van der Waals surface area contributed by atoms with Crippen molar-refractivity contribution in [3.05, 3.63) is 28.3 Å². The van der Waals surface area contributed by atoms with Gasteiger partial charge < -0.3 is 5.32 Å². The number of anilines is 1. The topological polar surface area (TPSA) is 71.4 Å². The monoisotopic (exact) mass is 233 g/mol. The van der Waals surface area contributed by atoms with Crippen LogP contribution in [0.5, 0.6) is 0 Å². The Bertz CT molecular complexity index is 477. The van der Waals surface area contributed by atoms with E-state index in [1.165, 1.54) is 0 Å². The summed E-state index contributed by atoms with van der Waals surface area (Å²) in [5, 5.41) is 5.43. The van der Waals surface area contributed by atoms with Gasteiger partial charge in [-0.3, -0.25) is 4.79 Å². The third-order valence-electron chi connectivity index (χ3n) is 2.92. The van der Waals surface area contributed by atoms with E-state index in [4.69, 9.17) is 0 Å². The molecule has 1 aliphatic heterocycles. The first-order chi connectivity index (χ1) is 7.91. The average Bonchev–Trinajstić information content (AvgIpc) is 2.26. The van der Waals surface area contributed by atoms with Gasteiger partial charge in [0.2, 0.25) is 0 Å². The van der Waals surface area contributed by atoms with Crippen LogP contribution in [0.15, 0.2) is 17.4 Å². The zero-order valence-electron chi connectivity index (χ0n) is 10.2. The van der Waals surface area contributed by atoms with Crippen molar-refractivity contribution in [1.82, 2.24) is 4.98 Å². The third-order valence-corrected chi connectivity index (χ3v) is 2.92. The summed E-state index contributed by atoms with van der Waals surface area (Å²) in [6, 6.07) is 1.15. The molecule has 0 saturated carbocycles. The number of rotatable bonds is 1. The Morgan fingerprint density at radius 1 is 1.47 bits per heavy atom. The highest BCUT2D eigenvalue weighted by atomic mass is 16.3. The van der Waals surface area contributed by atoms with Crippen molar-refractivity contribution in [2.24, 2.45) is 5.18 Å². The molecule has 17 heavy (non-hydrogen) atoms. The maximum absolute atomic E-state index is 11.4. The first-order valence-electron chi connectivity index (χ1n) is 5.54. The maximum Gasteiger partial charge on any atom is 0.254 e. The lowest BCUT2D eigenvalue weighted by Crippen LogP contribution is -2.33. The Morgan fingerprint density at radius 2 is 2.18 bits per heavy atom. The molecule has 2 heterocycles. The molecule has 1 amide bonds. The molecule has 0 radical (unpaired) electrons. The van der Waals surface area contributed by atoms with E-state index in [1.807, 2.05) is 6.07 Å². The van der Waals surface area contributed by atoms with Gasteiger partial charge in [-0.25, -0.2) is 4.98 Å². The van der Waals surface area contributed by atoms with Gasteiger partial charge in [0.15, 0.2) is 6.04 Å². The minimum atomic E-state index is -0.834. The number of hydrogen-bond donors (Lipinski definition) is 1. The molecule has 5 nitrogen and oxygen atoms in total. The number of hydrogen-bond acceptors (Lipinski definition) is 4. The standard InChI is InChI=1S/C12H15N3O2/c1-12(2,3)8-4-7-5-9(15-17)11(16)14-10(7)13-6-8/h4,6,9H,5H2,1-3H3,(H,13,14,16). The van der Waals surface area contributed by atoms with Gasteiger partial charge >= 0.3 is 0 Å². The zero-order valence-corrected chi connectivity index (χ0v) is 10.2. The summed E-state index contributed by atoms with van der Waals surface area (Å²) in [7, 11) is 0. The predicted molar refractivity (Wildman–Crippen MR) is 64.9 cm³/mol. The summed E-state index contributed by atoms with van der Waals surface area (Å²) in [5.74, 6) is 0.173. The number of amides is 1. The summed E-state index contributed by atoms with van der Waals surface area (Å²) in [6.07, 6.45) is 2.09. The van der Waals surface area contributed by atoms with E-state index in [0.717, 1.165) is 11.1 Å². The van der Waals surface area contributed by atoms with Crippen LogP contribution in [0, 0.1) is 4.91 Å². The van der Waals surface area contributed by atoms with Crippen molar-refractivity contribution >= 4 is 11.7 Å². The lowest BCUT2D eigenvalue weighted by molar-refractivity contribution is -0.117. The fraction of sp³-hybridized carbons (Fsp3) is 0.500. The number of carbonyl (C=O) groups is 1. The molecule has 1 aliphatic rings. The second-order valence-electron chi connectivity index (χ2n) is 5.30. The molecule has 0 saturated heterocycles. The fourth-order valence-electron chi connectivity index (χ4n) is 1.77. The zero-order chi connectivity index (χ0) is 12.6. The maximum atomic E-state index is 11.4. The number of pyridine rings is 1. The highest BCUT2D eigenvalue weighted by molar-refractivity contribution is 5.97. The number of nitrogens with one attached hydrogen (secondary N) is 1. The first kappa shape index (κ1) is 11.7. The minimum Gasteiger partial charge on any atom is -0.308 e. The van der Waals surface area contributed by atoms with Gasteiger partial charge in [-0.1, -0.05) is 25.9 Å². The second-order valence-corrected chi connectivity index (χ2v) is 5.30. The molecule has 0 bridgehead atoms. The van der Waals surface area contributed by atoms with Gasteiger partial charge in [0, 0.05) is 12.6 Å². The Balaban J connectivity index is 2.40. The molecule has 90 valence electrons. The summed E-state index contributed by atoms with van der Waals surface area (Å²) >= 11 is 0. The van der Waals surface area contributed by atoms with Crippen LogP contribution in [-0.2, 0) is 16.6 Å². The highest BCUT2D eigenvalue weighted by Crippen LogP contribution is 2.28. The molecule has 1 aromatic heterocycles. The molecule has 0 aliphatic carbocycles. The predicted octanol–water partition coefficient (Wildman–Crippen LogP) is 2.01. The SMILES string of the molecule is CC(C)(C)c1cnc2c(c1)CC(N=O)C(=O)N2. The van der Waals surface area contributed by atoms with Gasteiger partial charge in [0.25, 0.3) is 5.91 Å². The fourth-order valence-corrected chi connectivity index (χ4v) is 1.77. The van der Waals surface area contributed by atoms with E-state index >= 15 is 0 Å². The van der Waals surface area contributed by atoms with E-state index in [2.05, 4.69) is 36.2 Å². The van der Waals surface area contributed by atoms with E-state index < -0.39 is 6.04 Å². The number of carbonyl (C=O) groups excluding carboxylic acids is 1. The average molecular weight is 233 g/mol. The molecule has 0 spiro atoms. The van der Waals surface area contributed by atoms with Crippen LogP contribution in [0.4, 0.5) is 5.82 Å². The summed E-state index contributed by atoms with van der Waals surface area (Å²) in [6.45, 7) is 6.27. The summed E-state index contributed by atoms with van der Waals surface area (Å²) < 4.78 is 0. The molecule has 0 aromatic carbocycles. The molecular weight excluding hydrogens is 218 g/mol. The van der Waals surface area contributed by atoms with Crippen LogP contribution < -0.4 is 5.32 Å². The van der Waals surface area contributed by atoms with Crippen molar-refractivity contribution < 1.29 is 4.79 Å². The van der Waals surface area contributed by atoms with Gasteiger partial charge in [-0.15, -0.1) is 4.91 Å². The molecule has 1 unspecified atom stereocenters. The van der Waals surface area contributed by atoms with Crippen molar-refractivity contribution in [1.29, 1.82) is 0 Å². The van der Waals surface area contributed by atoms with Crippen molar-refractivity contribution in [3.8, 4) is 0 Å². The summed E-state index contributed by atoms with van der Waals surface area (Å²) in [4.78, 5) is 26.2. The second kappa shape index (κ2) is 3.91. The van der Waals surface area contributed by atoms with Crippen LogP contribution in [0.25, 0.3) is 0 Å². The van der Waals surface area contributed by atoms with Crippen molar-refractivity contribution in [3.63, 3.8) is 0 Å². The first-order valence-corrected chi connectivity index (χ1v) is 5.54. The summed E-state index contributed by atoms with van der Waals surface area (Å²) in [5.41, 5.74) is 1.95. The molecular formula is C12H15N3O2. The van der Waals surface area contributed by atoms with Crippen LogP contribution >= 0.6 is 0 Å². The van der Waals surface area contributed by atoms with Crippen LogP contribution in [0.1, 0.15) is 31.9 Å². The molecule has 1 atom stereocenters. The normalized spacial score (nSPS) is 19.5. The molecule has 0 fully saturated rings. The van der Waals surface area contributed by atoms with Crippen LogP contribution in [0.3, 0.4) is 0 Å². The van der Waals surface area contributed by atoms with Crippen LogP contribution in [-0.4, -0.2) is 16.9 Å². The molecule has 1 aromatic rings. The van der Waals surface area contributed by atoms with Crippen LogP contribution in [0.2, 0.25) is 0 Å². The smallest absolute Gasteiger partial charge is 0.254 e. The van der Waals surface area contributed by atoms with E-state index in [1.54, 1.807) is 6.20 Å². The third kappa shape index (κ3) is 2.18. The highest BCUT2D eigenvalue weighted by Gasteiger charge is 2.28. The minimum absolute atomic E-state index is 0.00636. The number of aromatic nitrogens is 1. The molecule has 5 heteroatoms.